The molecule has 216 valence electrons. The molecular weight excluding hydrogens is 522 g/mol. The molecule has 4 N–H and O–H groups in total. The predicted molar refractivity (Wildman–Crippen MR) is 148 cm³/mol. The standard InChI is InChI=1S/C15H19N5O3.C13H17F2NO/c1-10-13(18-15(16)22)20(12-6-4-3-5-7-12)19-14(10)23-9-8-17-11(2)21;1-17-7-6-16-5-4-11(9-16)10-2-3-12(14)13(15)8-10/h3-7H,8-9H2,1-2H3,(H,17,21)(H3,16,18,22);2-3,8,11H,4-7,9H2,1H3. The van der Waals surface area contributed by atoms with Crippen LogP contribution in [-0.2, 0) is 9.53 Å². The fourth-order valence-corrected chi connectivity index (χ4v) is 4.30. The van der Waals surface area contributed by atoms with Gasteiger partial charge in [-0.25, -0.2) is 18.3 Å². The molecule has 3 amide bonds. The Morgan fingerprint density at radius 2 is 1.88 bits per heavy atom. The van der Waals surface area contributed by atoms with Gasteiger partial charge in [0, 0.05) is 27.1 Å². The van der Waals surface area contributed by atoms with Crippen LogP contribution >= 0.6 is 0 Å². The summed E-state index contributed by atoms with van der Waals surface area (Å²) in [5.74, 6) is -0.541. The number of aromatic nitrogens is 2. The number of carbonyl (C=O) groups excluding carboxylic acids is 2. The highest BCUT2D eigenvalue weighted by Gasteiger charge is 2.24. The smallest absolute Gasteiger partial charge is 0.317 e. The van der Waals surface area contributed by atoms with E-state index in [0.29, 0.717) is 36.3 Å². The van der Waals surface area contributed by atoms with Crippen LogP contribution in [0.1, 0.15) is 30.4 Å². The summed E-state index contributed by atoms with van der Waals surface area (Å²) in [5.41, 5.74) is 7.53. The lowest BCUT2D eigenvalue weighted by atomic mass is 9.98. The van der Waals surface area contributed by atoms with Gasteiger partial charge < -0.3 is 25.4 Å². The van der Waals surface area contributed by atoms with Crippen LogP contribution in [0.3, 0.4) is 0 Å². The van der Waals surface area contributed by atoms with Crippen LogP contribution in [0.25, 0.3) is 5.69 Å². The van der Waals surface area contributed by atoms with E-state index in [1.165, 1.54) is 19.1 Å². The molecule has 12 heteroatoms. The summed E-state index contributed by atoms with van der Waals surface area (Å²) in [6, 6.07) is 12.8. The van der Waals surface area contributed by atoms with Crippen molar-refractivity contribution in [1.29, 1.82) is 0 Å². The lowest BCUT2D eigenvalue weighted by Crippen LogP contribution is -2.25. The number of para-hydroxylation sites is 1. The summed E-state index contributed by atoms with van der Waals surface area (Å²) in [6.45, 7) is 7.34. The first-order chi connectivity index (χ1) is 19.2. The van der Waals surface area contributed by atoms with Crippen LogP contribution < -0.4 is 21.1 Å². The first kappa shape index (κ1) is 30.5. The second-order valence-electron chi connectivity index (χ2n) is 9.30. The lowest BCUT2D eigenvalue weighted by molar-refractivity contribution is -0.119. The van der Waals surface area contributed by atoms with E-state index in [2.05, 4.69) is 20.6 Å². The van der Waals surface area contributed by atoms with Gasteiger partial charge in [-0.1, -0.05) is 24.3 Å². The Morgan fingerprint density at radius 1 is 1.12 bits per heavy atom. The third kappa shape index (κ3) is 8.75. The highest BCUT2D eigenvalue weighted by Crippen LogP contribution is 2.29. The number of anilines is 1. The van der Waals surface area contributed by atoms with Crippen LogP contribution in [-0.4, -0.2) is 73.1 Å². The normalized spacial score (nSPS) is 14.8. The van der Waals surface area contributed by atoms with E-state index < -0.39 is 17.7 Å². The van der Waals surface area contributed by atoms with Crippen LogP contribution in [0.2, 0.25) is 0 Å². The van der Waals surface area contributed by atoms with Gasteiger partial charge >= 0.3 is 6.03 Å². The Kier molecular flexibility index (Phi) is 11.4. The number of ether oxygens (including phenoxy) is 2. The fourth-order valence-electron chi connectivity index (χ4n) is 4.30. The molecule has 0 saturated carbocycles. The predicted octanol–water partition coefficient (Wildman–Crippen LogP) is 3.59. The van der Waals surface area contributed by atoms with Gasteiger partial charge in [-0.3, -0.25) is 10.1 Å². The van der Waals surface area contributed by atoms with E-state index in [4.69, 9.17) is 15.2 Å². The number of nitrogens with two attached hydrogens (primary N) is 1. The summed E-state index contributed by atoms with van der Waals surface area (Å²) in [7, 11) is 1.68. The Bertz CT molecular complexity index is 1270. The number of methoxy groups -OCH3 is 1. The number of halogens is 2. The minimum absolute atomic E-state index is 0.128. The number of rotatable bonds is 10. The topological polar surface area (TPSA) is 124 Å². The number of benzene rings is 2. The maximum atomic E-state index is 13.1. The lowest BCUT2D eigenvalue weighted by Gasteiger charge is -2.15. The van der Waals surface area contributed by atoms with Crippen LogP contribution in [0, 0.1) is 18.6 Å². The average Bonchev–Trinajstić information content (AvgIpc) is 3.52. The summed E-state index contributed by atoms with van der Waals surface area (Å²) < 4.78 is 38.1. The first-order valence-corrected chi connectivity index (χ1v) is 12.9. The minimum atomic E-state index is -0.775. The monoisotopic (exact) mass is 558 g/mol. The van der Waals surface area contributed by atoms with Gasteiger partial charge in [-0.2, -0.15) is 0 Å². The molecule has 0 aliphatic carbocycles. The molecule has 0 spiro atoms. The molecule has 0 radical (unpaired) electrons. The maximum absolute atomic E-state index is 13.1. The number of nitrogens with zero attached hydrogens (tertiary/aromatic N) is 3. The van der Waals surface area contributed by atoms with Crippen LogP contribution in [0.4, 0.5) is 19.4 Å². The summed E-state index contributed by atoms with van der Waals surface area (Å²) in [5, 5.41) is 9.55. The van der Waals surface area contributed by atoms with Gasteiger partial charge in [0.25, 0.3) is 0 Å². The molecule has 3 aromatic rings. The third-order valence-electron chi connectivity index (χ3n) is 6.33. The van der Waals surface area contributed by atoms with E-state index >= 15 is 0 Å². The zero-order valence-corrected chi connectivity index (χ0v) is 23.0. The van der Waals surface area contributed by atoms with E-state index in [0.717, 1.165) is 37.3 Å². The zero-order chi connectivity index (χ0) is 29.1. The van der Waals surface area contributed by atoms with E-state index in [1.54, 1.807) is 24.8 Å². The second kappa shape index (κ2) is 14.9. The molecule has 40 heavy (non-hydrogen) atoms. The van der Waals surface area contributed by atoms with Gasteiger partial charge in [-0.15, -0.1) is 5.10 Å². The van der Waals surface area contributed by atoms with E-state index in [9.17, 15) is 18.4 Å². The number of primary amides is 1. The molecule has 4 rings (SSSR count). The highest BCUT2D eigenvalue weighted by molar-refractivity contribution is 5.88. The largest absolute Gasteiger partial charge is 0.474 e. The molecule has 1 aliphatic heterocycles. The number of urea groups is 1. The van der Waals surface area contributed by atoms with Gasteiger partial charge in [0.1, 0.15) is 12.4 Å². The molecule has 1 aliphatic rings. The van der Waals surface area contributed by atoms with E-state index in [1.807, 2.05) is 30.3 Å². The Hall–Kier alpha value is -4.03. The molecule has 1 aromatic heterocycles. The SMILES string of the molecule is CC(=O)NCCOc1nn(-c2ccccc2)c(NC(N)=O)c1C.COCCN1CCC(c2ccc(F)c(F)c2)C1. The quantitative estimate of drug-likeness (QED) is 0.327. The van der Waals surface area contributed by atoms with Gasteiger partial charge in [-0.05, 0) is 55.6 Å². The van der Waals surface area contributed by atoms with Crippen molar-refractivity contribution >= 4 is 17.8 Å². The number of likely N-dealkylation sites (tertiary alicyclic amines) is 1. The van der Waals surface area contributed by atoms with Crippen molar-refractivity contribution in [3.8, 4) is 11.6 Å². The first-order valence-electron chi connectivity index (χ1n) is 12.9. The second-order valence-corrected chi connectivity index (χ2v) is 9.30. The Morgan fingerprint density at radius 3 is 2.52 bits per heavy atom. The Balaban J connectivity index is 0.000000230. The van der Waals surface area contributed by atoms with Gasteiger partial charge in [0.2, 0.25) is 11.8 Å². The Labute approximate surface area is 232 Å². The van der Waals surface area contributed by atoms with Gasteiger partial charge in [0.05, 0.1) is 24.4 Å². The molecule has 0 bridgehead atoms. The maximum Gasteiger partial charge on any atom is 0.317 e. The molecular formula is C28H36F2N6O4. The van der Waals surface area contributed by atoms with Crippen LogP contribution in [0.15, 0.2) is 48.5 Å². The van der Waals surface area contributed by atoms with Gasteiger partial charge in [0.15, 0.2) is 11.6 Å². The number of carbonyl (C=O) groups is 2. The molecule has 1 fully saturated rings. The van der Waals surface area contributed by atoms with Crippen molar-refractivity contribution in [3.05, 3.63) is 71.3 Å². The van der Waals surface area contributed by atoms with Crippen molar-refractivity contribution in [2.75, 3.05) is 51.8 Å². The number of hydrogen-bond acceptors (Lipinski definition) is 6. The third-order valence-corrected chi connectivity index (χ3v) is 6.33. The van der Waals surface area contributed by atoms with Crippen molar-refractivity contribution in [1.82, 2.24) is 20.0 Å². The minimum Gasteiger partial charge on any atom is -0.474 e. The van der Waals surface area contributed by atoms with Crippen LogP contribution in [0.5, 0.6) is 5.88 Å². The van der Waals surface area contributed by atoms with Crippen molar-refractivity contribution in [2.45, 2.75) is 26.2 Å². The summed E-state index contributed by atoms with van der Waals surface area (Å²) in [4.78, 5) is 24.4. The summed E-state index contributed by atoms with van der Waals surface area (Å²) >= 11 is 0. The number of hydrogen-bond donors (Lipinski definition) is 3. The zero-order valence-electron chi connectivity index (χ0n) is 23.0. The average molecular weight is 559 g/mol. The van der Waals surface area contributed by atoms with E-state index in [-0.39, 0.29) is 12.5 Å². The highest BCUT2D eigenvalue weighted by atomic mass is 19.2. The fraction of sp³-hybridized carbons (Fsp3) is 0.393. The summed E-state index contributed by atoms with van der Waals surface area (Å²) in [6.07, 6.45) is 0.995. The molecule has 10 nitrogen and oxygen atoms in total. The number of amides is 3. The van der Waals surface area contributed by atoms with Crippen molar-refractivity contribution in [3.63, 3.8) is 0 Å². The molecule has 2 aromatic carbocycles. The van der Waals surface area contributed by atoms with Crippen molar-refractivity contribution in [2.24, 2.45) is 5.73 Å². The molecule has 1 atom stereocenters. The molecule has 2 heterocycles. The molecule has 1 unspecified atom stereocenters. The van der Waals surface area contributed by atoms with Crippen molar-refractivity contribution < 1.29 is 27.8 Å². The molecule has 1 saturated heterocycles. The number of nitrogens with one attached hydrogen (secondary N) is 2.